The lowest BCUT2D eigenvalue weighted by atomic mass is 9.73. The molecule has 0 fully saturated rings. The number of halogens is 1. The Balaban J connectivity index is 0.00000900. The Morgan fingerprint density at radius 3 is 1.71 bits per heavy atom. The predicted molar refractivity (Wildman–Crippen MR) is 138 cm³/mol. The number of rotatable bonds is 16. The molecule has 2 atom stereocenters. The zero-order valence-corrected chi connectivity index (χ0v) is 22.0. The van der Waals surface area contributed by atoms with Crippen LogP contribution in [0.15, 0.2) is 23.5 Å². The van der Waals surface area contributed by atoms with Crippen molar-refractivity contribution < 1.29 is 9.84 Å². The SMILES string of the molecule is CCCCCCCCCCCCCCCCOC1(C)C=C(O)C(N)C=C1C(C)(C)C.Cl. The second-order valence-electron chi connectivity index (χ2n) is 10.5. The molecule has 0 heterocycles. The van der Waals surface area contributed by atoms with Crippen molar-refractivity contribution in [2.45, 2.75) is 136 Å². The third kappa shape index (κ3) is 12.3. The van der Waals surface area contributed by atoms with E-state index in [0.29, 0.717) is 0 Å². The van der Waals surface area contributed by atoms with Gasteiger partial charge in [-0.3, -0.25) is 0 Å². The Morgan fingerprint density at radius 2 is 1.29 bits per heavy atom. The maximum Gasteiger partial charge on any atom is 0.112 e. The van der Waals surface area contributed by atoms with Gasteiger partial charge in [0.15, 0.2) is 0 Å². The molecule has 2 unspecified atom stereocenters. The summed E-state index contributed by atoms with van der Waals surface area (Å²) in [6.07, 6.45) is 22.8. The molecule has 1 aliphatic carbocycles. The van der Waals surface area contributed by atoms with Gasteiger partial charge in [-0.25, -0.2) is 0 Å². The highest BCUT2D eigenvalue weighted by atomic mass is 35.5. The molecule has 0 saturated heterocycles. The summed E-state index contributed by atoms with van der Waals surface area (Å²) in [7, 11) is 0. The van der Waals surface area contributed by atoms with Gasteiger partial charge in [0, 0.05) is 6.61 Å². The monoisotopic (exact) mass is 457 g/mol. The zero-order chi connectivity index (χ0) is 22.5. The number of aliphatic hydroxyl groups is 1. The Labute approximate surface area is 199 Å². The summed E-state index contributed by atoms with van der Waals surface area (Å²) in [6, 6.07) is -0.419. The Bertz CT molecular complexity index is 524. The van der Waals surface area contributed by atoms with Gasteiger partial charge in [0.2, 0.25) is 0 Å². The maximum atomic E-state index is 10.1. The Morgan fingerprint density at radius 1 is 0.871 bits per heavy atom. The van der Waals surface area contributed by atoms with Gasteiger partial charge >= 0.3 is 0 Å². The molecule has 1 aliphatic rings. The van der Waals surface area contributed by atoms with E-state index in [1.54, 1.807) is 0 Å². The molecule has 0 spiro atoms. The summed E-state index contributed by atoms with van der Waals surface area (Å²) in [5.74, 6) is 0.214. The van der Waals surface area contributed by atoms with E-state index in [1.807, 2.05) is 12.2 Å². The van der Waals surface area contributed by atoms with Gasteiger partial charge in [0.1, 0.15) is 11.4 Å². The van der Waals surface area contributed by atoms with Crippen LogP contribution in [0, 0.1) is 5.41 Å². The van der Waals surface area contributed by atoms with Crippen LogP contribution in [0.4, 0.5) is 0 Å². The molecular weight excluding hydrogens is 406 g/mol. The summed E-state index contributed by atoms with van der Waals surface area (Å²) < 4.78 is 6.28. The molecule has 0 saturated carbocycles. The van der Waals surface area contributed by atoms with E-state index in [1.165, 1.54) is 83.5 Å². The van der Waals surface area contributed by atoms with Crippen molar-refractivity contribution in [3.8, 4) is 0 Å². The summed E-state index contributed by atoms with van der Waals surface area (Å²) in [5, 5.41) is 10.1. The first-order valence-corrected chi connectivity index (χ1v) is 12.7. The predicted octanol–water partition coefficient (Wildman–Crippen LogP) is 8.42. The van der Waals surface area contributed by atoms with Gasteiger partial charge in [-0.05, 0) is 30.4 Å². The molecule has 31 heavy (non-hydrogen) atoms. The molecule has 4 heteroatoms. The molecule has 0 aromatic carbocycles. The second kappa shape index (κ2) is 16.2. The van der Waals surface area contributed by atoms with Crippen molar-refractivity contribution in [2.75, 3.05) is 6.61 Å². The van der Waals surface area contributed by atoms with Crippen LogP contribution in [0.2, 0.25) is 0 Å². The summed E-state index contributed by atoms with van der Waals surface area (Å²) in [4.78, 5) is 0. The Kier molecular flexibility index (Phi) is 15.9. The van der Waals surface area contributed by atoms with Crippen molar-refractivity contribution in [3.05, 3.63) is 23.5 Å². The van der Waals surface area contributed by atoms with Gasteiger partial charge in [-0.1, -0.05) is 117 Å². The first kappa shape index (κ1) is 30.5. The van der Waals surface area contributed by atoms with Gasteiger partial charge in [-0.2, -0.15) is 0 Å². The smallest absolute Gasteiger partial charge is 0.112 e. The van der Waals surface area contributed by atoms with E-state index in [2.05, 4.69) is 34.6 Å². The molecule has 1 rings (SSSR count). The largest absolute Gasteiger partial charge is 0.511 e. The topological polar surface area (TPSA) is 55.5 Å². The lowest BCUT2D eigenvalue weighted by Crippen LogP contribution is -2.41. The number of ether oxygens (including phenoxy) is 1. The Hall–Kier alpha value is -0.510. The molecule has 0 aromatic rings. The molecule has 184 valence electrons. The van der Waals surface area contributed by atoms with Crippen molar-refractivity contribution in [2.24, 2.45) is 11.1 Å². The fourth-order valence-corrected chi connectivity index (χ4v) is 4.58. The van der Waals surface area contributed by atoms with Crippen LogP contribution in [0.25, 0.3) is 0 Å². The van der Waals surface area contributed by atoms with Gasteiger partial charge < -0.3 is 15.6 Å². The number of nitrogens with two attached hydrogens (primary N) is 1. The van der Waals surface area contributed by atoms with E-state index in [4.69, 9.17) is 10.5 Å². The standard InChI is InChI=1S/C27H51NO2.ClH/c1-6-7-8-9-10-11-12-13-14-15-16-17-18-19-20-30-27(5)22-24(29)23(28)21-25(27)26(2,3)4;/h21-23,29H,6-20,28H2,1-5H3;1H. The fraction of sp³-hybridized carbons (Fsp3) is 0.852. The molecule has 0 amide bonds. The average Bonchev–Trinajstić information content (AvgIpc) is 2.67. The number of unbranched alkanes of at least 4 members (excludes halogenated alkanes) is 13. The molecule has 0 aliphatic heterocycles. The minimum Gasteiger partial charge on any atom is -0.511 e. The minimum absolute atomic E-state index is 0. The highest BCUT2D eigenvalue weighted by Crippen LogP contribution is 2.40. The van der Waals surface area contributed by atoms with Gasteiger partial charge in [-0.15, -0.1) is 12.4 Å². The summed E-state index contributed by atoms with van der Waals surface area (Å²) in [5.41, 5.74) is 6.58. The molecular formula is C27H52ClNO2. The van der Waals surface area contributed by atoms with Crippen LogP contribution in [0.5, 0.6) is 0 Å². The van der Waals surface area contributed by atoms with Gasteiger partial charge in [0.05, 0.1) is 6.04 Å². The highest BCUT2D eigenvalue weighted by molar-refractivity contribution is 5.85. The van der Waals surface area contributed by atoms with Crippen LogP contribution in [0.1, 0.15) is 125 Å². The lowest BCUT2D eigenvalue weighted by molar-refractivity contribution is 0.0135. The van der Waals surface area contributed by atoms with Crippen molar-refractivity contribution in [1.82, 2.24) is 0 Å². The van der Waals surface area contributed by atoms with Crippen molar-refractivity contribution in [1.29, 1.82) is 0 Å². The second-order valence-corrected chi connectivity index (χ2v) is 10.5. The average molecular weight is 458 g/mol. The first-order valence-electron chi connectivity index (χ1n) is 12.7. The lowest BCUT2D eigenvalue weighted by Gasteiger charge is -2.40. The van der Waals surface area contributed by atoms with Crippen LogP contribution in [-0.4, -0.2) is 23.4 Å². The molecule has 0 bridgehead atoms. The highest BCUT2D eigenvalue weighted by Gasteiger charge is 2.39. The zero-order valence-electron chi connectivity index (χ0n) is 21.2. The molecule has 3 nitrogen and oxygen atoms in total. The van der Waals surface area contributed by atoms with Crippen molar-refractivity contribution >= 4 is 12.4 Å². The van der Waals surface area contributed by atoms with E-state index >= 15 is 0 Å². The molecule has 3 N–H and O–H groups in total. The summed E-state index contributed by atoms with van der Waals surface area (Å²) >= 11 is 0. The van der Waals surface area contributed by atoms with E-state index in [-0.39, 0.29) is 23.6 Å². The minimum atomic E-state index is -0.561. The fourth-order valence-electron chi connectivity index (χ4n) is 4.58. The molecule has 0 radical (unpaired) electrons. The van der Waals surface area contributed by atoms with Crippen LogP contribution in [0.3, 0.4) is 0 Å². The van der Waals surface area contributed by atoms with Crippen LogP contribution < -0.4 is 5.73 Å². The normalized spacial score (nSPS) is 21.4. The van der Waals surface area contributed by atoms with E-state index in [0.717, 1.165) is 18.6 Å². The van der Waals surface area contributed by atoms with Crippen LogP contribution in [-0.2, 0) is 4.74 Å². The summed E-state index contributed by atoms with van der Waals surface area (Å²) in [6.45, 7) is 11.6. The van der Waals surface area contributed by atoms with E-state index < -0.39 is 11.6 Å². The number of hydrogen-bond acceptors (Lipinski definition) is 3. The molecule has 0 aromatic heterocycles. The first-order chi connectivity index (χ1) is 14.2. The third-order valence-electron chi connectivity index (χ3n) is 6.35. The number of aliphatic hydroxyl groups excluding tert-OH is 1. The van der Waals surface area contributed by atoms with Crippen molar-refractivity contribution in [3.63, 3.8) is 0 Å². The maximum absolute atomic E-state index is 10.1. The van der Waals surface area contributed by atoms with E-state index in [9.17, 15) is 5.11 Å². The van der Waals surface area contributed by atoms with Gasteiger partial charge in [0.25, 0.3) is 0 Å². The number of hydrogen-bond donors (Lipinski definition) is 2. The third-order valence-corrected chi connectivity index (χ3v) is 6.35. The van der Waals surface area contributed by atoms with Crippen LogP contribution >= 0.6 is 12.4 Å². The quantitative estimate of drug-likeness (QED) is 0.180.